The van der Waals surface area contributed by atoms with E-state index in [4.69, 9.17) is 0 Å². The van der Waals surface area contributed by atoms with Crippen molar-refractivity contribution in [2.24, 2.45) is 0 Å². The highest BCUT2D eigenvalue weighted by Gasteiger charge is 2.20. The lowest BCUT2D eigenvalue weighted by Gasteiger charge is -2.20. The van der Waals surface area contributed by atoms with Crippen molar-refractivity contribution in [3.8, 4) is 33.4 Å². The summed E-state index contributed by atoms with van der Waals surface area (Å²) in [5.41, 5.74) is 15.6. The molecule has 0 amide bonds. The van der Waals surface area contributed by atoms with E-state index < -0.39 is 0 Å². The second kappa shape index (κ2) is 17.4. The third-order valence-electron chi connectivity index (χ3n) is 10.3. The van der Waals surface area contributed by atoms with Crippen LogP contribution >= 0.6 is 0 Å². The van der Waals surface area contributed by atoms with Crippen molar-refractivity contribution in [2.45, 2.75) is 67.2 Å². The quantitative estimate of drug-likeness (QED) is 0.157. The lowest BCUT2D eigenvalue weighted by molar-refractivity contribution is 0.967. The van der Waals surface area contributed by atoms with E-state index in [2.05, 4.69) is 161 Å². The Morgan fingerprint density at radius 1 is 0.463 bits per heavy atom. The first-order valence-corrected chi connectivity index (χ1v) is 20.0. The molecule has 0 heterocycles. The fraction of sp³-hybridized carbons (Fsp3) is 0.185. The lowest BCUT2D eigenvalue weighted by atomic mass is 9.84. The highest BCUT2D eigenvalue weighted by molar-refractivity contribution is 6.15. The van der Waals surface area contributed by atoms with Gasteiger partial charge in [-0.2, -0.15) is 0 Å². The number of allylic oxidation sites excluding steroid dienone is 2. The molecule has 0 aromatic heterocycles. The summed E-state index contributed by atoms with van der Waals surface area (Å²) in [5, 5.41) is 7.63. The van der Waals surface area contributed by atoms with Gasteiger partial charge in [0.05, 0.1) is 0 Å². The van der Waals surface area contributed by atoms with E-state index in [-0.39, 0.29) is 0 Å². The Hall–Kier alpha value is -5.72. The normalized spacial score (nSPS) is 12.1. The number of hydrogen-bond donors (Lipinski definition) is 0. The van der Waals surface area contributed by atoms with Gasteiger partial charge in [0.2, 0.25) is 0 Å². The van der Waals surface area contributed by atoms with Crippen LogP contribution in [0.15, 0.2) is 135 Å². The summed E-state index contributed by atoms with van der Waals surface area (Å²) in [6.07, 6.45) is 17.9. The van der Waals surface area contributed by atoms with Crippen LogP contribution in [0.5, 0.6) is 0 Å². The third-order valence-corrected chi connectivity index (χ3v) is 10.3. The van der Waals surface area contributed by atoms with Gasteiger partial charge < -0.3 is 0 Å². The molecule has 0 saturated heterocycles. The van der Waals surface area contributed by atoms with Crippen LogP contribution in [-0.4, -0.2) is 0 Å². The molecule has 0 nitrogen and oxygen atoms in total. The number of rotatable bonds is 5. The molecule has 0 saturated carbocycles. The summed E-state index contributed by atoms with van der Waals surface area (Å²) in [7, 11) is 0. The molecule has 0 bridgehead atoms. The zero-order chi connectivity index (χ0) is 38.2. The number of benzene rings is 7. The molecule has 2 aliphatic carbocycles. The van der Waals surface area contributed by atoms with Crippen molar-refractivity contribution >= 4 is 56.6 Å². The predicted octanol–water partition coefficient (Wildman–Crippen LogP) is 16.4. The van der Waals surface area contributed by atoms with Gasteiger partial charge in [0.1, 0.15) is 0 Å². The van der Waals surface area contributed by atoms with Gasteiger partial charge in [0.15, 0.2) is 0 Å². The van der Waals surface area contributed by atoms with Gasteiger partial charge in [0, 0.05) is 0 Å². The average Bonchev–Trinajstić information content (AvgIpc) is 3.76. The average molecular weight is 703 g/mol. The maximum Gasteiger partial charge on any atom is -0.00850 e. The maximum absolute atomic E-state index is 4.14. The van der Waals surface area contributed by atoms with Crippen LogP contribution in [0.25, 0.3) is 90.0 Å². The smallest absolute Gasteiger partial charge is 0.00850 e. The van der Waals surface area contributed by atoms with E-state index >= 15 is 0 Å². The van der Waals surface area contributed by atoms with Crippen molar-refractivity contribution in [2.75, 3.05) is 0 Å². The zero-order valence-corrected chi connectivity index (χ0v) is 33.1. The second-order valence-electron chi connectivity index (χ2n) is 13.5. The molecule has 0 aliphatic heterocycles. The molecular formula is C54H54. The molecule has 0 spiro atoms. The minimum absolute atomic E-state index is 1.05. The summed E-state index contributed by atoms with van der Waals surface area (Å²) in [6.45, 7) is 20.5. The van der Waals surface area contributed by atoms with Gasteiger partial charge in [-0.15, -0.1) is 0 Å². The fourth-order valence-electron chi connectivity index (χ4n) is 8.08. The Balaban J connectivity index is 0.000000669. The van der Waals surface area contributed by atoms with Crippen LogP contribution in [0.3, 0.4) is 0 Å². The van der Waals surface area contributed by atoms with Crippen molar-refractivity contribution in [1.82, 2.24) is 0 Å². The van der Waals surface area contributed by atoms with Gasteiger partial charge in [0.25, 0.3) is 0 Å². The van der Waals surface area contributed by atoms with E-state index in [0.29, 0.717) is 0 Å². The van der Waals surface area contributed by atoms with Gasteiger partial charge in [-0.25, -0.2) is 0 Å². The highest BCUT2D eigenvalue weighted by Crippen LogP contribution is 2.41. The van der Waals surface area contributed by atoms with E-state index in [0.717, 1.165) is 30.4 Å². The minimum Gasteiger partial charge on any atom is -0.0984 e. The standard InChI is InChI=1S/C47H34.C3H8.2C2H6/c1-3-36-37(4-2)44-24-22-34(28-46(44)42-19-8-5-16-38(36)42)32-14-9-12-30(26-32)31-13-10-15-33(27-31)35-23-25-45-40-18-7-6-17-39(40)41-20-11-21-43(41)47(45)29-35;1-3-2;2*1-2/h3-5,7-16,18-19,21-29H,1-2,6,17,20H2;3H2,1-2H3;2*1-2H3. The summed E-state index contributed by atoms with van der Waals surface area (Å²) in [4.78, 5) is 0. The largest absolute Gasteiger partial charge is 0.0984 e. The second-order valence-corrected chi connectivity index (χ2v) is 13.5. The molecule has 7 aromatic carbocycles. The van der Waals surface area contributed by atoms with E-state index in [1.807, 2.05) is 39.8 Å². The molecule has 0 heteroatoms. The van der Waals surface area contributed by atoms with Crippen LogP contribution in [0.2, 0.25) is 0 Å². The summed E-state index contributed by atoms with van der Waals surface area (Å²) in [5.74, 6) is 0. The Bertz CT molecular complexity index is 2530. The van der Waals surface area contributed by atoms with Gasteiger partial charge in [-0.1, -0.05) is 183 Å². The van der Waals surface area contributed by atoms with E-state index in [1.54, 1.807) is 5.56 Å². The summed E-state index contributed by atoms with van der Waals surface area (Å²) < 4.78 is 0. The Morgan fingerprint density at radius 3 is 1.50 bits per heavy atom. The first-order chi connectivity index (χ1) is 26.6. The maximum atomic E-state index is 4.14. The van der Waals surface area contributed by atoms with Crippen molar-refractivity contribution in [1.29, 1.82) is 0 Å². The fourth-order valence-corrected chi connectivity index (χ4v) is 8.08. The molecule has 0 fully saturated rings. The predicted molar refractivity (Wildman–Crippen MR) is 244 cm³/mol. The van der Waals surface area contributed by atoms with E-state index in [1.165, 1.54) is 88.8 Å². The van der Waals surface area contributed by atoms with Crippen molar-refractivity contribution in [3.05, 3.63) is 168 Å². The molecule has 54 heavy (non-hydrogen) atoms. The molecule has 0 unspecified atom stereocenters. The molecule has 9 rings (SSSR count). The van der Waals surface area contributed by atoms with Crippen LogP contribution in [-0.2, 0) is 12.8 Å². The van der Waals surface area contributed by atoms with Crippen LogP contribution < -0.4 is 0 Å². The van der Waals surface area contributed by atoms with Crippen molar-refractivity contribution < 1.29 is 0 Å². The number of hydrogen-bond acceptors (Lipinski definition) is 0. The topological polar surface area (TPSA) is 0 Å². The van der Waals surface area contributed by atoms with Gasteiger partial charge >= 0.3 is 0 Å². The first kappa shape index (κ1) is 38.0. The molecule has 7 aromatic rings. The van der Waals surface area contributed by atoms with Gasteiger partial charge in [-0.3, -0.25) is 0 Å². The monoisotopic (exact) mass is 702 g/mol. The Labute approximate surface area is 323 Å². The molecule has 2 aliphatic rings. The van der Waals surface area contributed by atoms with Crippen LogP contribution in [0, 0.1) is 0 Å². The highest BCUT2D eigenvalue weighted by atomic mass is 14.2. The van der Waals surface area contributed by atoms with Crippen molar-refractivity contribution in [3.63, 3.8) is 0 Å². The minimum atomic E-state index is 1.05. The summed E-state index contributed by atoms with van der Waals surface area (Å²) in [6, 6.07) is 40.4. The first-order valence-electron chi connectivity index (χ1n) is 20.0. The molecule has 0 N–H and O–H groups in total. The van der Waals surface area contributed by atoms with E-state index in [9.17, 15) is 0 Å². The Kier molecular flexibility index (Phi) is 12.3. The molecule has 0 radical (unpaired) electrons. The van der Waals surface area contributed by atoms with Gasteiger partial charge in [-0.05, 0) is 143 Å². The third kappa shape index (κ3) is 7.02. The van der Waals surface area contributed by atoms with Crippen LogP contribution in [0.4, 0.5) is 0 Å². The number of fused-ring (bicyclic) bond motifs is 9. The molecule has 0 atom stereocenters. The Morgan fingerprint density at radius 2 is 0.926 bits per heavy atom. The molecular weight excluding hydrogens is 649 g/mol. The van der Waals surface area contributed by atoms with Crippen LogP contribution in [0.1, 0.15) is 87.8 Å². The SMILES string of the molecule is C=Cc1c(C=C)c2ccc(-c3cccc(-c4cccc(-c5ccc6c7c(c8c(c6c5)C=CC8)CCC=C7)c4)c3)cc2c2ccccc12.CC.CC.CCC. The molecule has 270 valence electrons. The zero-order valence-electron chi connectivity index (χ0n) is 33.1. The lowest BCUT2D eigenvalue weighted by Crippen LogP contribution is -2.02. The summed E-state index contributed by atoms with van der Waals surface area (Å²) >= 11 is 0.